The van der Waals surface area contributed by atoms with Gasteiger partial charge in [0.15, 0.2) is 5.60 Å². The van der Waals surface area contributed by atoms with Crippen molar-refractivity contribution in [3.63, 3.8) is 0 Å². The first kappa shape index (κ1) is 15.4. The standard InChI is InChI=1S/C10H16O7/c1-3-16-8(13)6-10(15,5-7(11)12)9(14)17-4-2/h15H,3-6H2,1-2H3,(H,11,12)/p-1. The summed E-state index contributed by atoms with van der Waals surface area (Å²) >= 11 is 0. The molecule has 0 aromatic heterocycles. The zero-order valence-corrected chi connectivity index (χ0v) is 9.73. The Balaban J connectivity index is 4.77. The summed E-state index contributed by atoms with van der Waals surface area (Å²) in [5.74, 6) is -3.73. The molecular formula is C10H15O7-. The van der Waals surface area contributed by atoms with Gasteiger partial charge in [0.1, 0.15) is 0 Å². The molecule has 0 saturated carbocycles. The Morgan fingerprint density at radius 1 is 1.12 bits per heavy atom. The van der Waals surface area contributed by atoms with Crippen LogP contribution in [0.4, 0.5) is 0 Å². The molecule has 0 aromatic rings. The summed E-state index contributed by atoms with van der Waals surface area (Å²) in [4.78, 5) is 32.9. The van der Waals surface area contributed by atoms with Crippen LogP contribution in [0, 0.1) is 0 Å². The Bertz CT molecular complexity index is 299. The van der Waals surface area contributed by atoms with Gasteiger partial charge < -0.3 is 24.5 Å². The first-order valence-electron chi connectivity index (χ1n) is 5.10. The van der Waals surface area contributed by atoms with Crippen molar-refractivity contribution in [2.75, 3.05) is 13.2 Å². The zero-order valence-electron chi connectivity index (χ0n) is 9.73. The second-order valence-corrected chi connectivity index (χ2v) is 3.28. The minimum Gasteiger partial charge on any atom is -0.550 e. The Labute approximate surface area is 98.3 Å². The van der Waals surface area contributed by atoms with E-state index >= 15 is 0 Å². The number of ether oxygens (including phenoxy) is 2. The van der Waals surface area contributed by atoms with Gasteiger partial charge in [0.05, 0.1) is 19.6 Å². The molecule has 0 fully saturated rings. The van der Waals surface area contributed by atoms with Crippen molar-refractivity contribution in [2.45, 2.75) is 32.3 Å². The molecule has 98 valence electrons. The van der Waals surface area contributed by atoms with Gasteiger partial charge in [-0.2, -0.15) is 0 Å². The van der Waals surface area contributed by atoms with Crippen LogP contribution >= 0.6 is 0 Å². The molecule has 0 aliphatic heterocycles. The highest BCUT2D eigenvalue weighted by Gasteiger charge is 2.40. The van der Waals surface area contributed by atoms with E-state index in [-0.39, 0.29) is 13.2 Å². The van der Waals surface area contributed by atoms with Crippen molar-refractivity contribution in [1.29, 1.82) is 0 Å². The van der Waals surface area contributed by atoms with Crippen LogP contribution in [0.5, 0.6) is 0 Å². The Morgan fingerprint density at radius 3 is 2.06 bits per heavy atom. The minimum atomic E-state index is -2.44. The van der Waals surface area contributed by atoms with Gasteiger partial charge >= 0.3 is 11.9 Å². The van der Waals surface area contributed by atoms with Crippen molar-refractivity contribution < 1.29 is 34.1 Å². The van der Waals surface area contributed by atoms with E-state index in [4.69, 9.17) is 0 Å². The average Bonchev–Trinajstić information content (AvgIpc) is 2.16. The molecule has 0 heterocycles. The molecule has 0 rings (SSSR count). The minimum absolute atomic E-state index is 0.0446. The number of carboxylic acid groups (broad SMARTS) is 1. The van der Waals surface area contributed by atoms with E-state index in [9.17, 15) is 24.6 Å². The fourth-order valence-corrected chi connectivity index (χ4v) is 1.16. The van der Waals surface area contributed by atoms with Crippen LogP contribution in [0.15, 0.2) is 0 Å². The number of rotatable bonds is 7. The third-order valence-electron chi connectivity index (χ3n) is 1.83. The van der Waals surface area contributed by atoms with Crippen LogP contribution < -0.4 is 5.11 Å². The number of hydrogen-bond donors (Lipinski definition) is 1. The maximum atomic E-state index is 11.4. The lowest BCUT2D eigenvalue weighted by Gasteiger charge is -2.25. The van der Waals surface area contributed by atoms with E-state index in [1.165, 1.54) is 6.92 Å². The fraction of sp³-hybridized carbons (Fsp3) is 0.700. The van der Waals surface area contributed by atoms with Gasteiger partial charge in [-0.15, -0.1) is 0 Å². The number of carboxylic acids is 1. The van der Waals surface area contributed by atoms with Gasteiger partial charge in [0.2, 0.25) is 0 Å². The Hall–Kier alpha value is -1.63. The normalized spacial score (nSPS) is 13.6. The molecule has 7 nitrogen and oxygen atoms in total. The van der Waals surface area contributed by atoms with Crippen molar-refractivity contribution in [1.82, 2.24) is 0 Å². The van der Waals surface area contributed by atoms with Crippen LogP contribution in [0.25, 0.3) is 0 Å². The Kier molecular flexibility index (Phi) is 6.19. The zero-order chi connectivity index (χ0) is 13.5. The number of carbonyl (C=O) groups is 3. The molecule has 0 saturated heterocycles. The quantitative estimate of drug-likeness (QED) is 0.537. The third kappa shape index (κ3) is 5.30. The largest absolute Gasteiger partial charge is 0.550 e. The summed E-state index contributed by atoms with van der Waals surface area (Å²) in [5, 5.41) is 20.2. The van der Waals surface area contributed by atoms with Crippen LogP contribution in [0.2, 0.25) is 0 Å². The SMILES string of the molecule is CCOC(=O)CC(O)(CC(=O)[O-])C(=O)OCC. The van der Waals surface area contributed by atoms with Crippen LogP contribution in [-0.2, 0) is 23.9 Å². The van der Waals surface area contributed by atoms with Crippen molar-refractivity contribution in [3.05, 3.63) is 0 Å². The average molecular weight is 247 g/mol. The predicted octanol–water partition coefficient (Wildman–Crippen LogP) is -1.63. The van der Waals surface area contributed by atoms with Gasteiger partial charge in [-0.25, -0.2) is 4.79 Å². The van der Waals surface area contributed by atoms with E-state index < -0.39 is 36.4 Å². The number of esters is 2. The summed E-state index contributed by atoms with van der Waals surface area (Å²) in [6.07, 6.45) is -1.81. The van der Waals surface area contributed by atoms with E-state index in [1.54, 1.807) is 6.92 Å². The summed E-state index contributed by atoms with van der Waals surface area (Å²) in [6, 6.07) is 0. The molecule has 7 heteroatoms. The summed E-state index contributed by atoms with van der Waals surface area (Å²) in [5.41, 5.74) is -2.44. The second kappa shape index (κ2) is 6.85. The highest BCUT2D eigenvalue weighted by molar-refractivity contribution is 5.89. The smallest absolute Gasteiger partial charge is 0.339 e. The van der Waals surface area contributed by atoms with Crippen molar-refractivity contribution in [2.24, 2.45) is 0 Å². The Morgan fingerprint density at radius 2 is 1.65 bits per heavy atom. The van der Waals surface area contributed by atoms with Crippen molar-refractivity contribution >= 4 is 17.9 Å². The molecule has 17 heavy (non-hydrogen) atoms. The lowest BCUT2D eigenvalue weighted by molar-refractivity contribution is -0.309. The number of aliphatic carboxylic acids is 1. The highest BCUT2D eigenvalue weighted by Crippen LogP contribution is 2.18. The molecule has 0 radical (unpaired) electrons. The monoisotopic (exact) mass is 247 g/mol. The van der Waals surface area contributed by atoms with Gasteiger partial charge in [-0.1, -0.05) is 0 Å². The topological polar surface area (TPSA) is 113 Å². The molecule has 1 atom stereocenters. The molecule has 0 spiro atoms. The van der Waals surface area contributed by atoms with Gasteiger partial charge in [-0.3, -0.25) is 4.79 Å². The number of carbonyl (C=O) groups excluding carboxylic acids is 3. The molecule has 0 aliphatic carbocycles. The molecule has 1 N–H and O–H groups in total. The van der Waals surface area contributed by atoms with Gasteiger partial charge in [0, 0.05) is 12.4 Å². The van der Waals surface area contributed by atoms with E-state index in [0.717, 1.165) is 0 Å². The van der Waals surface area contributed by atoms with Crippen LogP contribution in [-0.4, -0.2) is 41.8 Å². The van der Waals surface area contributed by atoms with Gasteiger partial charge in [0.25, 0.3) is 0 Å². The van der Waals surface area contributed by atoms with E-state index in [2.05, 4.69) is 9.47 Å². The lowest BCUT2D eigenvalue weighted by atomic mass is 9.96. The molecule has 0 bridgehead atoms. The van der Waals surface area contributed by atoms with E-state index in [1.807, 2.05) is 0 Å². The molecule has 0 amide bonds. The molecule has 0 aromatic carbocycles. The van der Waals surface area contributed by atoms with Crippen LogP contribution in [0.1, 0.15) is 26.7 Å². The number of hydrogen-bond acceptors (Lipinski definition) is 7. The molecule has 1 unspecified atom stereocenters. The first-order valence-corrected chi connectivity index (χ1v) is 5.10. The van der Waals surface area contributed by atoms with Crippen molar-refractivity contribution in [3.8, 4) is 0 Å². The lowest BCUT2D eigenvalue weighted by Crippen LogP contribution is -2.47. The highest BCUT2D eigenvalue weighted by atomic mass is 16.6. The van der Waals surface area contributed by atoms with E-state index in [0.29, 0.717) is 0 Å². The first-order chi connectivity index (χ1) is 7.85. The van der Waals surface area contributed by atoms with Gasteiger partial charge in [-0.05, 0) is 13.8 Å². The molecular weight excluding hydrogens is 232 g/mol. The predicted molar refractivity (Wildman–Crippen MR) is 52.5 cm³/mol. The second-order valence-electron chi connectivity index (χ2n) is 3.28. The maximum absolute atomic E-state index is 11.4. The summed E-state index contributed by atoms with van der Waals surface area (Å²) in [7, 11) is 0. The third-order valence-corrected chi connectivity index (χ3v) is 1.83. The molecule has 0 aliphatic rings. The van der Waals surface area contributed by atoms with Crippen LogP contribution in [0.3, 0.4) is 0 Å². The number of aliphatic hydroxyl groups is 1. The summed E-state index contributed by atoms with van der Waals surface area (Å²) in [6.45, 7) is 3.04. The fourth-order valence-electron chi connectivity index (χ4n) is 1.16. The summed E-state index contributed by atoms with van der Waals surface area (Å²) < 4.78 is 9.03. The maximum Gasteiger partial charge on any atom is 0.339 e.